The summed E-state index contributed by atoms with van der Waals surface area (Å²) < 4.78 is 0. The van der Waals surface area contributed by atoms with Crippen LogP contribution in [0.3, 0.4) is 0 Å². The van der Waals surface area contributed by atoms with Crippen molar-refractivity contribution in [1.29, 1.82) is 0 Å². The Morgan fingerprint density at radius 3 is 2.46 bits per heavy atom. The summed E-state index contributed by atoms with van der Waals surface area (Å²) in [6, 6.07) is 0. The third-order valence-corrected chi connectivity index (χ3v) is 2.41. The van der Waals surface area contributed by atoms with Crippen LogP contribution in [0, 0.1) is 5.92 Å². The molecular weight excluding hydrogens is 168 g/mol. The zero-order valence-electron chi connectivity index (χ0n) is 7.71. The maximum absolute atomic E-state index is 11.2. The number of primary amides is 1. The molecular formula is C9H16N2O2. The van der Waals surface area contributed by atoms with Gasteiger partial charge in [0.15, 0.2) is 0 Å². The molecule has 74 valence electrons. The molecule has 0 saturated heterocycles. The van der Waals surface area contributed by atoms with Crippen molar-refractivity contribution in [2.45, 2.75) is 32.1 Å². The Kier molecular flexibility index (Phi) is 3.73. The molecule has 0 atom stereocenters. The van der Waals surface area contributed by atoms with Crippen molar-refractivity contribution in [1.82, 2.24) is 5.32 Å². The SMILES string of the molecule is NC(=O)CNC(=O)CC1CCCC1. The van der Waals surface area contributed by atoms with Gasteiger partial charge in [-0.25, -0.2) is 0 Å². The van der Waals surface area contributed by atoms with Gasteiger partial charge in [0, 0.05) is 6.42 Å². The Morgan fingerprint density at radius 2 is 1.92 bits per heavy atom. The van der Waals surface area contributed by atoms with Gasteiger partial charge in [0.05, 0.1) is 6.54 Å². The molecule has 3 N–H and O–H groups in total. The highest BCUT2D eigenvalue weighted by Gasteiger charge is 2.18. The molecule has 1 aliphatic rings. The van der Waals surface area contributed by atoms with Gasteiger partial charge in [-0.15, -0.1) is 0 Å². The van der Waals surface area contributed by atoms with E-state index in [1.54, 1.807) is 0 Å². The van der Waals surface area contributed by atoms with Crippen LogP contribution in [0.2, 0.25) is 0 Å². The predicted molar refractivity (Wildman–Crippen MR) is 48.8 cm³/mol. The van der Waals surface area contributed by atoms with Crippen LogP contribution in [0.15, 0.2) is 0 Å². The second-order valence-corrected chi connectivity index (χ2v) is 3.60. The lowest BCUT2D eigenvalue weighted by Crippen LogP contribution is -2.33. The van der Waals surface area contributed by atoms with Crippen molar-refractivity contribution < 1.29 is 9.59 Å². The Balaban J connectivity index is 2.13. The number of carbonyl (C=O) groups excluding carboxylic acids is 2. The molecule has 4 nitrogen and oxygen atoms in total. The van der Waals surface area contributed by atoms with Crippen LogP contribution in [0.1, 0.15) is 32.1 Å². The third-order valence-electron chi connectivity index (χ3n) is 2.41. The largest absolute Gasteiger partial charge is 0.368 e. The van der Waals surface area contributed by atoms with Crippen LogP contribution >= 0.6 is 0 Å². The van der Waals surface area contributed by atoms with Gasteiger partial charge < -0.3 is 11.1 Å². The van der Waals surface area contributed by atoms with Gasteiger partial charge in [0.1, 0.15) is 0 Å². The summed E-state index contributed by atoms with van der Waals surface area (Å²) in [6.45, 7) is -0.0362. The predicted octanol–water partition coefficient (Wildman–Crippen LogP) is 0.168. The molecule has 0 radical (unpaired) electrons. The van der Waals surface area contributed by atoms with E-state index in [2.05, 4.69) is 5.32 Å². The summed E-state index contributed by atoms with van der Waals surface area (Å²) in [6.07, 6.45) is 5.29. The summed E-state index contributed by atoms with van der Waals surface area (Å²) in [4.78, 5) is 21.5. The van der Waals surface area contributed by atoms with Crippen LogP contribution in [0.4, 0.5) is 0 Å². The molecule has 0 unspecified atom stereocenters. The highest BCUT2D eigenvalue weighted by atomic mass is 16.2. The Labute approximate surface area is 77.9 Å². The van der Waals surface area contributed by atoms with E-state index in [9.17, 15) is 9.59 Å². The molecule has 0 aromatic carbocycles. The van der Waals surface area contributed by atoms with Crippen LogP contribution < -0.4 is 11.1 Å². The van der Waals surface area contributed by atoms with Gasteiger partial charge in [-0.2, -0.15) is 0 Å². The molecule has 1 fully saturated rings. The van der Waals surface area contributed by atoms with Crippen LogP contribution in [-0.2, 0) is 9.59 Å². The molecule has 1 saturated carbocycles. The average Bonchev–Trinajstić information content (AvgIpc) is 2.53. The van der Waals surface area contributed by atoms with Crippen molar-refractivity contribution in [2.75, 3.05) is 6.54 Å². The monoisotopic (exact) mass is 184 g/mol. The van der Waals surface area contributed by atoms with Crippen LogP contribution in [0.5, 0.6) is 0 Å². The van der Waals surface area contributed by atoms with Gasteiger partial charge in [-0.05, 0) is 18.8 Å². The minimum Gasteiger partial charge on any atom is -0.368 e. The lowest BCUT2D eigenvalue weighted by atomic mass is 10.0. The van der Waals surface area contributed by atoms with Crippen LogP contribution in [0.25, 0.3) is 0 Å². The molecule has 1 aliphatic carbocycles. The Hall–Kier alpha value is -1.06. The number of amides is 2. The second kappa shape index (κ2) is 4.84. The van der Waals surface area contributed by atoms with E-state index in [1.807, 2.05) is 0 Å². The van der Waals surface area contributed by atoms with E-state index >= 15 is 0 Å². The molecule has 1 rings (SSSR count). The zero-order valence-corrected chi connectivity index (χ0v) is 7.71. The van der Waals surface area contributed by atoms with E-state index in [1.165, 1.54) is 12.8 Å². The number of rotatable bonds is 4. The Morgan fingerprint density at radius 1 is 1.31 bits per heavy atom. The average molecular weight is 184 g/mol. The Bertz CT molecular complexity index is 198. The minimum atomic E-state index is -0.486. The lowest BCUT2D eigenvalue weighted by molar-refractivity contribution is -0.125. The molecule has 4 heteroatoms. The van der Waals surface area contributed by atoms with Gasteiger partial charge in [-0.1, -0.05) is 12.8 Å². The number of nitrogens with two attached hydrogens (primary N) is 1. The fourth-order valence-corrected chi connectivity index (χ4v) is 1.73. The van der Waals surface area contributed by atoms with E-state index < -0.39 is 5.91 Å². The highest BCUT2D eigenvalue weighted by molar-refractivity contribution is 5.83. The molecule has 0 heterocycles. The smallest absolute Gasteiger partial charge is 0.236 e. The topological polar surface area (TPSA) is 72.2 Å². The maximum Gasteiger partial charge on any atom is 0.236 e. The summed E-state index contributed by atoms with van der Waals surface area (Å²) >= 11 is 0. The minimum absolute atomic E-state index is 0.0362. The molecule has 2 amide bonds. The van der Waals surface area contributed by atoms with E-state index in [0.717, 1.165) is 12.8 Å². The molecule has 0 aromatic rings. The number of hydrogen-bond donors (Lipinski definition) is 2. The van der Waals surface area contributed by atoms with Gasteiger partial charge in [0.25, 0.3) is 0 Å². The lowest BCUT2D eigenvalue weighted by Gasteiger charge is -2.07. The quantitative estimate of drug-likeness (QED) is 0.653. The fourth-order valence-electron chi connectivity index (χ4n) is 1.73. The number of carbonyl (C=O) groups is 2. The molecule has 0 aromatic heterocycles. The van der Waals surface area contributed by atoms with Crippen molar-refractivity contribution in [3.05, 3.63) is 0 Å². The zero-order chi connectivity index (χ0) is 9.68. The number of hydrogen-bond acceptors (Lipinski definition) is 2. The first-order valence-electron chi connectivity index (χ1n) is 4.73. The highest BCUT2D eigenvalue weighted by Crippen LogP contribution is 2.27. The van der Waals surface area contributed by atoms with Crippen molar-refractivity contribution in [3.63, 3.8) is 0 Å². The summed E-state index contributed by atoms with van der Waals surface area (Å²) in [5.74, 6) is -0.0154. The van der Waals surface area contributed by atoms with Crippen molar-refractivity contribution in [3.8, 4) is 0 Å². The first-order valence-corrected chi connectivity index (χ1v) is 4.73. The fraction of sp³-hybridized carbons (Fsp3) is 0.778. The second-order valence-electron chi connectivity index (χ2n) is 3.60. The van der Waals surface area contributed by atoms with Gasteiger partial charge in [0.2, 0.25) is 11.8 Å². The summed E-state index contributed by atoms with van der Waals surface area (Å²) in [5.41, 5.74) is 4.90. The normalized spacial score (nSPS) is 17.2. The van der Waals surface area contributed by atoms with Crippen LogP contribution in [-0.4, -0.2) is 18.4 Å². The first-order chi connectivity index (χ1) is 6.18. The number of nitrogens with one attached hydrogen (secondary N) is 1. The van der Waals surface area contributed by atoms with Gasteiger partial charge >= 0.3 is 0 Å². The van der Waals surface area contributed by atoms with Crippen molar-refractivity contribution >= 4 is 11.8 Å². The third kappa shape index (κ3) is 3.92. The summed E-state index contributed by atoms with van der Waals surface area (Å²) in [7, 11) is 0. The van der Waals surface area contributed by atoms with E-state index in [0.29, 0.717) is 12.3 Å². The molecule has 0 spiro atoms. The first kappa shape index (κ1) is 10.0. The van der Waals surface area contributed by atoms with Gasteiger partial charge in [-0.3, -0.25) is 9.59 Å². The summed E-state index contributed by atoms with van der Waals surface area (Å²) in [5, 5.41) is 2.50. The van der Waals surface area contributed by atoms with Crippen molar-refractivity contribution in [2.24, 2.45) is 11.7 Å². The molecule has 13 heavy (non-hydrogen) atoms. The molecule has 0 bridgehead atoms. The molecule has 0 aliphatic heterocycles. The maximum atomic E-state index is 11.2. The van der Waals surface area contributed by atoms with E-state index in [4.69, 9.17) is 5.73 Å². The van der Waals surface area contributed by atoms with E-state index in [-0.39, 0.29) is 12.5 Å². The standard InChI is InChI=1S/C9H16N2O2/c10-8(12)6-11-9(13)5-7-3-1-2-4-7/h7H,1-6H2,(H2,10,12)(H,11,13).